The van der Waals surface area contributed by atoms with E-state index in [1.54, 1.807) is 7.11 Å². The maximum Gasteiger partial charge on any atom is 0.119 e. The largest absolute Gasteiger partial charge is 0.497 e. The molecule has 0 heterocycles. The van der Waals surface area contributed by atoms with Crippen LogP contribution in [0.2, 0.25) is 0 Å². The van der Waals surface area contributed by atoms with Crippen LogP contribution in [-0.4, -0.2) is 18.8 Å². The molecule has 0 saturated carbocycles. The molecule has 0 amide bonds. The molecule has 0 aromatic heterocycles. The Bertz CT molecular complexity index is 698. The lowest BCUT2D eigenvalue weighted by molar-refractivity contribution is -0.0270. The number of hydrogen-bond donors (Lipinski definition) is 2. The number of aliphatic hydroxyl groups is 1. The average Bonchev–Trinajstić information content (AvgIpc) is 2.62. The van der Waals surface area contributed by atoms with Crippen LogP contribution in [0.25, 0.3) is 0 Å². The van der Waals surface area contributed by atoms with Crippen LogP contribution in [0.4, 0.5) is 0 Å². The Labute approximate surface area is 151 Å². The van der Waals surface area contributed by atoms with Crippen LogP contribution < -0.4 is 10.5 Å². The predicted octanol–water partition coefficient (Wildman–Crippen LogP) is 4.23. The summed E-state index contributed by atoms with van der Waals surface area (Å²) in [7, 11) is 1.63. The second kappa shape index (κ2) is 8.32. The zero-order valence-corrected chi connectivity index (χ0v) is 15.4. The predicted molar refractivity (Wildman–Crippen MR) is 104 cm³/mol. The van der Waals surface area contributed by atoms with Gasteiger partial charge >= 0.3 is 0 Å². The van der Waals surface area contributed by atoms with E-state index in [0.29, 0.717) is 13.0 Å². The first-order valence-electron chi connectivity index (χ1n) is 8.68. The second-order valence-electron chi connectivity index (χ2n) is 6.83. The summed E-state index contributed by atoms with van der Waals surface area (Å²) < 4.78 is 5.35. The highest BCUT2D eigenvalue weighted by Crippen LogP contribution is 2.43. The van der Waals surface area contributed by atoms with Crippen molar-refractivity contribution >= 4 is 0 Å². The van der Waals surface area contributed by atoms with Crippen LogP contribution in [0.5, 0.6) is 5.75 Å². The molecule has 3 nitrogen and oxygen atoms in total. The van der Waals surface area contributed by atoms with Crippen LogP contribution in [0, 0.1) is 5.92 Å². The maximum absolute atomic E-state index is 11.7. The van der Waals surface area contributed by atoms with Gasteiger partial charge in [0.05, 0.1) is 12.7 Å². The minimum Gasteiger partial charge on any atom is -0.497 e. The summed E-state index contributed by atoms with van der Waals surface area (Å²) in [6.45, 7) is 8.50. The van der Waals surface area contributed by atoms with Crippen LogP contribution in [0.3, 0.4) is 0 Å². The van der Waals surface area contributed by atoms with Gasteiger partial charge < -0.3 is 15.6 Å². The Kier molecular flexibility index (Phi) is 6.40. The number of benzene rings is 2. The van der Waals surface area contributed by atoms with Gasteiger partial charge in [0.2, 0.25) is 0 Å². The van der Waals surface area contributed by atoms with Gasteiger partial charge in [-0.1, -0.05) is 55.0 Å². The van der Waals surface area contributed by atoms with Crippen molar-refractivity contribution in [3.8, 4) is 5.75 Å². The van der Waals surface area contributed by atoms with E-state index in [1.807, 2.05) is 49.4 Å². The molecule has 0 spiro atoms. The van der Waals surface area contributed by atoms with Crippen LogP contribution in [0.15, 0.2) is 66.7 Å². The highest BCUT2D eigenvalue weighted by Gasteiger charge is 2.40. The summed E-state index contributed by atoms with van der Waals surface area (Å²) in [6, 6.07) is 17.8. The number of rotatable bonds is 8. The van der Waals surface area contributed by atoms with Gasteiger partial charge in [0.15, 0.2) is 0 Å². The van der Waals surface area contributed by atoms with Crippen LogP contribution in [0.1, 0.15) is 37.3 Å². The van der Waals surface area contributed by atoms with Gasteiger partial charge in [0.1, 0.15) is 5.75 Å². The number of hydrogen-bond acceptors (Lipinski definition) is 3. The van der Waals surface area contributed by atoms with Crippen molar-refractivity contribution in [2.24, 2.45) is 11.7 Å². The van der Waals surface area contributed by atoms with Crippen molar-refractivity contribution in [1.82, 2.24) is 0 Å². The Balaban J connectivity index is 2.49. The summed E-state index contributed by atoms with van der Waals surface area (Å²) in [5, 5.41) is 11.7. The second-order valence-corrected chi connectivity index (χ2v) is 6.83. The molecule has 0 aliphatic heterocycles. The van der Waals surface area contributed by atoms with Crippen molar-refractivity contribution in [2.45, 2.75) is 31.8 Å². The van der Waals surface area contributed by atoms with Gasteiger partial charge in [-0.05, 0) is 42.6 Å². The average molecular weight is 339 g/mol. The standard InChI is InChI=1S/C22H29NO2/c1-16(2)14-22(24,19-11-8-12-20(13-19)25-4)17(3)21(15-23)18-9-6-5-7-10-18/h5-13,17,21,24H,1,14-15,23H2,2-4H3. The Hall–Kier alpha value is -2.10. The monoisotopic (exact) mass is 339 g/mol. The molecular formula is C22H29NO2. The fourth-order valence-electron chi connectivity index (χ4n) is 3.54. The molecule has 2 aromatic carbocycles. The highest BCUT2D eigenvalue weighted by molar-refractivity contribution is 5.35. The lowest BCUT2D eigenvalue weighted by Crippen LogP contribution is -2.39. The number of methoxy groups -OCH3 is 1. The lowest BCUT2D eigenvalue weighted by Gasteiger charge is -2.39. The summed E-state index contributed by atoms with van der Waals surface area (Å²) in [5.74, 6) is 0.675. The molecule has 0 bridgehead atoms. The first-order valence-corrected chi connectivity index (χ1v) is 8.68. The minimum atomic E-state index is -1.07. The topological polar surface area (TPSA) is 55.5 Å². The van der Waals surface area contributed by atoms with Gasteiger partial charge in [-0.15, -0.1) is 6.58 Å². The van der Waals surface area contributed by atoms with Crippen LogP contribution in [-0.2, 0) is 5.60 Å². The maximum atomic E-state index is 11.7. The third-order valence-corrected chi connectivity index (χ3v) is 4.98. The molecule has 0 aliphatic carbocycles. The molecule has 3 atom stereocenters. The molecule has 3 N–H and O–H groups in total. The molecule has 25 heavy (non-hydrogen) atoms. The van der Waals surface area contributed by atoms with Crippen molar-refractivity contribution in [2.75, 3.05) is 13.7 Å². The normalized spacial score (nSPS) is 15.9. The van der Waals surface area contributed by atoms with Gasteiger partial charge in [-0.25, -0.2) is 0 Å². The van der Waals surface area contributed by atoms with E-state index in [1.165, 1.54) is 0 Å². The van der Waals surface area contributed by atoms with Gasteiger partial charge in [0.25, 0.3) is 0 Å². The number of ether oxygens (including phenoxy) is 1. The SMILES string of the molecule is C=C(C)CC(O)(c1cccc(OC)c1)C(C)C(CN)c1ccccc1. The lowest BCUT2D eigenvalue weighted by atomic mass is 9.70. The van der Waals surface area contributed by atoms with E-state index >= 15 is 0 Å². The first kappa shape index (κ1) is 19.2. The zero-order chi connectivity index (χ0) is 18.4. The van der Waals surface area contributed by atoms with E-state index < -0.39 is 5.60 Å². The van der Waals surface area contributed by atoms with Gasteiger partial charge in [-0.3, -0.25) is 0 Å². The Morgan fingerprint density at radius 2 is 1.88 bits per heavy atom. The third-order valence-electron chi connectivity index (χ3n) is 4.98. The highest BCUT2D eigenvalue weighted by atomic mass is 16.5. The van der Waals surface area contributed by atoms with Crippen molar-refractivity contribution < 1.29 is 9.84 Å². The molecule has 0 saturated heterocycles. The molecule has 3 heteroatoms. The van der Waals surface area contributed by atoms with E-state index in [9.17, 15) is 5.11 Å². The summed E-state index contributed by atoms with van der Waals surface area (Å²) in [5.41, 5.74) is 7.94. The quantitative estimate of drug-likeness (QED) is 0.708. The van der Waals surface area contributed by atoms with Crippen molar-refractivity contribution in [3.63, 3.8) is 0 Å². The van der Waals surface area contributed by atoms with E-state index in [2.05, 4.69) is 25.6 Å². The molecule has 3 unspecified atom stereocenters. The van der Waals surface area contributed by atoms with Gasteiger partial charge in [0, 0.05) is 12.3 Å². The summed E-state index contributed by atoms with van der Waals surface area (Å²) >= 11 is 0. The Morgan fingerprint density at radius 3 is 2.44 bits per heavy atom. The minimum absolute atomic E-state index is 0.0387. The van der Waals surface area contributed by atoms with Crippen molar-refractivity contribution in [1.29, 1.82) is 0 Å². The Morgan fingerprint density at radius 1 is 1.20 bits per heavy atom. The number of nitrogens with two attached hydrogens (primary N) is 1. The summed E-state index contributed by atoms with van der Waals surface area (Å²) in [6.07, 6.45) is 0.477. The molecule has 0 aliphatic rings. The van der Waals surface area contributed by atoms with E-state index in [4.69, 9.17) is 10.5 Å². The fourth-order valence-corrected chi connectivity index (χ4v) is 3.54. The van der Waals surface area contributed by atoms with E-state index in [0.717, 1.165) is 22.4 Å². The zero-order valence-electron chi connectivity index (χ0n) is 15.4. The van der Waals surface area contributed by atoms with Crippen molar-refractivity contribution in [3.05, 3.63) is 77.9 Å². The molecule has 2 rings (SSSR count). The van der Waals surface area contributed by atoms with Gasteiger partial charge in [-0.2, -0.15) is 0 Å². The molecular weight excluding hydrogens is 310 g/mol. The molecule has 134 valence electrons. The molecule has 0 fully saturated rings. The van der Waals surface area contributed by atoms with Crippen LogP contribution >= 0.6 is 0 Å². The fraction of sp³-hybridized carbons (Fsp3) is 0.364. The van der Waals surface area contributed by atoms with E-state index in [-0.39, 0.29) is 11.8 Å². The molecule has 0 radical (unpaired) electrons. The third kappa shape index (κ3) is 4.30. The summed E-state index contributed by atoms with van der Waals surface area (Å²) in [4.78, 5) is 0. The molecule has 2 aromatic rings. The smallest absolute Gasteiger partial charge is 0.119 e. The first-order chi connectivity index (χ1) is 11.9.